The van der Waals surface area contributed by atoms with Crippen LogP contribution in [0.1, 0.15) is 63.0 Å². The maximum absolute atomic E-state index is 11.9. The number of ketones is 1. The molecule has 1 aromatic carbocycles. The summed E-state index contributed by atoms with van der Waals surface area (Å²) in [6, 6.07) is 8.18. The van der Waals surface area contributed by atoms with Crippen molar-refractivity contribution in [2.24, 2.45) is 0 Å². The number of carbonyl (C=O) groups is 1. The lowest BCUT2D eigenvalue weighted by Crippen LogP contribution is -2.03. The smallest absolute Gasteiger partial charge is 0.137 e. The van der Waals surface area contributed by atoms with Gasteiger partial charge in [0.25, 0.3) is 0 Å². The summed E-state index contributed by atoms with van der Waals surface area (Å²) in [5.74, 6) is 0.389. The van der Waals surface area contributed by atoms with E-state index in [2.05, 4.69) is 26.0 Å². The first-order valence-corrected chi connectivity index (χ1v) is 7.30. The van der Waals surface area contributed by atoms with Crippen LogP contribution in [-0.2, 0) is 11.2 Å². The van der Waals surface area contributed by atoms with Crippen molar-refractivity contribution < 1.29 is 4.79 Å². The van der Waals surface area contributed by atoms with E-state index in [-0.39, 0.29) is 0 Å². The molecule has 0 aliphatic heterocycles. The summed E-state index contributed by atoms with van der Waals surface area (Å²) < 4.78 is 0. The molecule has 18 heavy (non-hydrogen) atoms. The predicted octanol–water partition coefficient (Wildman–Crippen LogP) is 4.86. The number of unbranched alkanes of at least 4 members (excludes halogenated alkanes) is 5. The van der Waals surface area contributed by atoms with Crippen LogP contribution >= 0.6 is 0 Å². The molecule has 0 N–H and O–H groups in total. The standard InChI is InChI=1S/C17H26O/c1-3-4-5-6-7-8-13-17(18)14-16-12-10-9-11-15(16)2/h9-12H,3-8,13-14H2,1-2H3. The molecule has 0 saturated carbocycles. The molecule has 0 aromatic heterocycles. The van der Waals surface area contributed by atoms with Crippen molar-refractivity contribution in [3.05, 3.63) is 35.4 Å². The van der Waals surface area contributed by atoms with Gasteiger partial charge in [-0.15, -0.1) is 0 Å². The van der Waals surface area contributed by atoms with E-state index in [1.807, 2.05) is 12.1 Å². The van der Waals surface area contributed by atoms with Crippen LogP contribution in [0.3, 0.4) is 0 Å². The lowest BCUT2D eigenvalue weighted by atomic mass is 10.00. The Kier molecular flexibility index (Phi) is 7.40. The zero-order chi connectivity index (χ0) is 13.2. The minimum Gasteiger partial charge on any atom is -0.299 e. The lowest BCUT2D eigenvalue weighted by Gasteiger charge is -2.05. The molecule has 1 nitrogen and oxygen atoms in total. The van der Waals surface area contributed by atoms with E-state index in [9.17, 15) is 4.79 Å². The van der Waals surface area contributed by atoms with Crippen LogP contribution in [-0.4, -0.2) is 5.78 Å². The number of benzene rings is 1. The van der Waals surface area contributed by atoms with Crippen molar-refractivity contribution in [2.75, 3.05) is 0 Å². The fourth-order valence-electron chi connectivity index (χ4n) is 2.21. The first kappa shape index (κ1) is 14.9. The van der Waals surface area contributed by atoms with Crippen LogP contribution in [0.15, 0.2) is 24.3 Å². The van der Waals surface area contributed by atoms with Gasteiger partial charge in [-0.25, -0.2) is 0 Å². The fraction of sp³-hybridized carbons (Fsp3) is 0.588. The van der Waals surface area contributed by atoms with Crippen LogP contribution in [0.25, 0.3) is 0 Å². The number of hydrogen-bond donors (Lipinski definition) is 0. The summed E-state index contributed by atoms with van der Waals surface area (Å²) in [5, 5.41) is 0. The monoisotopic (exact) mass is 246 g/mol. The van der Waals surface area contributed by atoms with Gasteiger partial charge in [0.15, 0.2) is 0 Å². The number of aryl methyl sites for hydroxylation is 1. The number of rotatable bonds is 9. The van der Waals surface area contributed by atoms with E-state index >= 15 is 0 Å². The van der Waals surface area contributed by atoms with E-state index in [1.54, 1.807) is 0 Å². The van der Waals surface area contributed by atoms with Crippen molar-refractivity contribution in [3.8, 4) is 0 Å². The molecule has 1 heteroatoms. The van der Waals surface area contributed by atoms with Crippen molar-refractivity contribution in [1.82, 2.24) is 0 Å². The third kappa shape index (κ3) is 6.00. The molecule has 0 fully saturated rings. The molecule has 100 valence electrons. The molecule has 0 amide bonds. The van der Waals surface area contributed by atoms with Gasteiger partial charge in [-0.1, -0.05) is 63.3 Å². The Morgan fingerprint density at radius 2 is 1.67 bits per heavy atom. The first-order valence-electron chi connectivity index (χ1n) is 7.30. The fourth-order valence-corrected chi connectivity index (χ4v) is 2.21. The topological polar surface area (TPSA) is 17.1 Å². The predicted molar refractivity (Wildman–Crippen MR) is 77.9 cm³/mol. The molecule has 0 unspecified atom stereocenters. The second-order valence-electron chi connectivity index (χ2n) is 5.16. The van der Waals surface area contributed by atoms with Crippen molar-refractivity contribution in [1.29, 1.82) is 0 Å². The highest BCUT2D eigenvalue weighted by atomic mass is 16.1. The third-order valence-corrected chi connectivity index (χ3v) is 3.46. The van der Waals surface area contributed by atoms with Crippen LogP contribution in [0.4, 0.5) is 0 Å². The molecule has 0 spiro atoms. The molecular weight excluding hydrogens is 220 g/mol. The molecule has 1 rings (SSSR count). The normalized spacial score (nSPS) is 10.6. The summed E-state index contributed by atoms with van der Waals surface area (Å²) in [6.07, 6.45) is 8.85. The van der Waals surface area contributed by atoms with Gasteiger partial charge < -0.3 is 0 Å². The van der Waals surface area contributed by atoms with Gasteiger partial charge >= 0.3 is 0 Å². The number of Topliss-reactive ketones (excluding diaryl/α,β-unsaturated/α-hetero) is 1. The summed E-state index contributed by atoms with van der Waals surface area (Å²) in [6.45, 7) is 4.30. The minimum atomic E-state index is 0.389. The van der Waals surface area contributed by atoms with E-state index < -0.39 is 0 Å². The van der Waals surface area contributed by atoms with Gasteiger partial charge in [-0.05, 0) is 24.5 Å². The van der Waals surface area contributed by atoms with E-state index in [0.717, 1.165) is 12.8 Å². The van der Waals surface area contributed by atoms with Crippen molar-refractivity contribution >= 4 is 5.78 Å². The Bertz CT molecular complexity index is 354. The zero-order valence-corrected chi connectivity index (χ0v) is 11.9. The SMILES string of the molecule is CCCCCCCCC(=O)Cc1ccccc1C. The maximum Gasteiger partial charge on any atom is 0.137 e. The molecule has 0 radical (unpaired) electrons. The highest BCUT2D eigenvalue weighted by Gasteiger charge is 2.05. The van der Waals surface area contributed by atoms with Crippen LogP contribution in [0.2, 0.25) is 0 Å². The number of carbonyl (C=O) groups excluding carboxylic acids is 1. The van der Waals surface area contributed by atoms with Crippen LogP contribution in [0, 0.1) is 6.92 Å². The van der Waals surface area contributed by atoms with Crippen molar-refractivity contribution in [3.63, 3.8) is 0 Å². The summed E-state index contributed by atoms with van der Waals surface area (Å²) in [7, 11) is 0. The Morgan fingerprint density at radius 3 is 2.39 bits per heavy atom. The van der Waals surface area contributed by atoms with Crippen molar-refractivity contribution in [2.45, 2.75) is 65.2 Å². The van der Waals surface area contributed by atoms with Gasteiger partial charge in [0, 0.05) is 12.8 Å². The molecule has 0 bridgehead atoms. The molecule has 1 aromatic rings. The minimum absolute atomic E-state index is 0.389. The highest BCUT2D eigenvalue weighted by Crippen LogP contribution is 2.11. The summed E-state index contributed by atoms with van der Waals surface area (Å²) >= 11 is 0. The summed E-state index contributed by atoms with van der Waals surface area (Å²) in [4.78, 5) is 11.9. The number of hydrogen-bond acceptors (Lipinski definition) is 1. The third-order valence-electron chi connectivity index (χ3n) is 3.46. The van der Waals surface area contributed by atoms with Gasteiger partial charge in [0.1, 0.15) is 5.78 Å². The Labute approximate surface area is 112 Å². The first-order chi connectivity index (χ1) is 8.74. The van der Waals surface area contributed by atoms with Gasteiger partial charge in [0.05, 0.1) is 0 Å². The average Bonchev–Trinajstić information content (AvgIpc) is 2.36. The largest absolute Gasteiger partial charge is 0.299 e. The molecule has 0 aliphatic carbocycles. The molecule has 0 heterocycles. The van der Waals surface area contributed by atoms with Gasteiger partial charge in [0.2, 0.25) is 0 Å². The van der Waals surface area contributed by atoms with E-state index in [1.165, 1.54) is 43.2 Å². The summed E-state index contributed by atoms with van der Waals surface area (Å²) in [5.41, 5.74) is 2.42. The Morgan fingerprint density at radius 1 is 1.00 bits per heavy atom. The zero-order valence-electron chi connectivity index (χ0n) is 11.9. The molecule has 0 atom stereocenters. The van der Waals surface area contributed by atoms with Crippen LogP contribution < -0.4 is 0 Å². The second-order valence-corrected chi connectivity index (χ2v) is 5.16. The lowest BCUT2D eigenvalue weighted by molar-refractivity contribution is -0.118. The Hall–Kier alpha value is -1.11. The second kappa shape index (κ2) is 8.91. The maximum atomic E-state index is 11.9. The van der Waals surface area contributed by atoms with E-state index in [4.69, 9.17) is 0 Å². The highest BCUT2D eigenvalue weighted by molar-refractivity contribution is 5.81. The molecule has 0 saturated heterocycles. The average molecular weight is 246 g/mol. The van der Waals surface area contributed by atoms with Gasteiger partial charge in [-0.3, -0.25) is 4.79 Å². The molecule has 0 aliphatic rings. The molecular formula is C17H26O. The Balaban J connectivity index is 2.16. The van der Waals surface area contributed by atoms with Crippen LogP contribution in [0.5, 0.6) is 0 Å². The van der Waals surface area contributed by atoms with E-state index in [0.29, 0.717) is 12.2 Å². The van der Waals surface area contributed by atoms with Gasteiger partial charge in [-0.2, -0.15) is 0 Å². The quantitative estimate of drug-likeness (QED) is 0.569.